The van der Waals surface area contributed by atoms with Crippen molar-refractivity contribution in [2.75, 3.05) is 0 Å². The van der Waals surface area contributed by atoms with E-state index < -0.39 is 0 Å². The van der Waals surface area contributed by atoms with E-state index in [9.17, 15) is 0 Å². The van der Waals surface area contributed by atoms with Crippen LogP contribution in [0, 0.1) is 11.8 Å². The molecule has 0 fully saturated rings. The molecule has 2 atom stereocenters. The average molecular weight is 607 g/mol. The molecule has 0 radical (unpaired) electrons. The van der Waals surface area contributed by atoms with Crippen LogP contribution in [-0.2, 0) is 10.8 Å². The summed E-state index contributed by atoms with van der Waals surface area (Å²) in [5.74, 6) is 1.98. The molecule has 46 heavy (non-hydrogen) atoms. The summed E-state index contributed by atoms with van der Waals surface area (Å²) in [7, 11) is 0. The Morgan fingerprint density at radius 3 is 1.13 bits per heavy atom. The maximum atomic E-state index is 2.54. The molecule has 0 heteroatoms. The zero-order valence-electron chi connectivity index (χ0n) is 30.0. The molecule has 0 spiro atoms. The second-order valence-electron chi connectivity index (χ2n) is 16.6. The van der Waals surface area contributed by atoms with E-state index in [1.54, 1.807) is 11.1 Å². The summed E-state index contributed by atoms with van der Waals surface area (Å²) in [6.07, 6.45) is 7.42. The largest absolute Gasteiger partial charge is 0.0613 e. The number of hydrogen-bond donors (Lipinski definition) is 0. The highest BCUT2D eigenvalue weighted by atomic mass is 14.4. The average Bonchev–Trinajstić information content (AvgIpc) is 3.58. The summed E-state index contributed by atoms with van der Waals surface area (Å²) in [6, 6.07) is 32.6. The lowest BCUT2D eigenvalue weighted by Crippen LogP contribution is -2.10. The minimum absolute atomic E-state index is 0.159. The molecule has 0 bridgehead atoms. The Bertz CT molecular complexity index is 1640. The van der Waals surface area contributed by atoms with Crippen molar-refractivity contribution in [3.05, 3.63) is 129 Å². The van der Waals surface area contributed by atoms with Gasteiger partial charge < -0.3 is 0 Å². The Hall–Kier alpha value is -3.64. The van der Waals surface area contributed by atoms with Gasteiger partial charge >= 0.3 is 0 Å². The van der Waals surface area contributed by atoms with Crippen molar-refractivity contribution in [3.8, 4) is 22.3 Å². The number of allylic oxidation sites excluding steroid dienone is 2. The molecule has 238 valence electrons. The second kappa shape index (κ2) is 12.2. The molecule has 0 aromatic heterocycles. The standard InChI is InChI=1S/C46H54/c1-29(2)41-27-43-35(31-17-21-33(22-18-31)45(5,6)7)13-11-15-37(43)39(41)25-26-40-38-16-12-14-36(44(38)28-42(40)30(3)4)32-19-23-34(24-20-32)46(8,9)10/h11-24,27-30,39-40H,25-26H2,1-10H3. The van der Waals surface area contributed by atoms with E-state index in [0.717, 1.165) is 0 Å². The molecular weight excluding hydrogens is 553 g/mol. The van der Waals surface area contributed by atoms with E-state index in [4.69, 9.17) is 0 Å². The number of fused-ring (bicyclic) bond motifs is 2. The Balaban J connectivity index is 1.31. The summed E-state index contributed by atoms with van der Waals surface area (Å²) in [6.45, 7) is 23.3. The molecule has 0 amide bonds. The molecule has 4 aromatic rings. The minimum Gasteiger partial charge on any atom is -0.0613 e. The molecule has 0 N–H and O–H groups in total. The van der Waals surface area contributed by atoms with Gasteiger partial charge in [0.2, 0.25) is 0 Å². The van der Waals surface area contributed by atoms with E-state index in [-0.39, 0.29) is 10.8 Å². The third-order valence-corrected chi connectivity index (χ3v) is 10.7. The molecule has 2 aliphatic rings. The van der Waals surface area contributed by atoms with Gasteiger partial charge in [0, 0.05) is 11.8 Å². The molecule has 0 heterocycles. The Labute approximate surface area is 279 Å². The normalized spacial score (nSPS) is 17.7. The monoisotopic (exact) mass is 606 g/mol. The van der Waals surface area contributed by atoms with Crippen LogP contribution in [-0.4, -0.2) is 0 Å². The molecule has 0 aliphatic heterocycles. The summed E-state index contributed by atoms with van der Waals surface area (Å²) in [4.78, 5) is 0. The van der Waals surface area contributed by atoms with Crippen molar-refractivity contribution in [2.45, 2.75) is 105 Å². The molecular formula is C46H54. The van der Waals surface area contributed by atoms with Crippen LogP contribution in [0.15, 0.2) is 96.1 Å². The fourth-order valence-corrected chi connectivity index (χ4v) is 7.91. The maximum absolute atomic E-state index is 2.54. The summed E-state index contributed by atoms with van der Waals surface area (Å²) < 4.78 is 0. The maximum Gasteiger partial charge on any atom is 0.00605 e. The quantitative estimate of drug-likeness (QED) is 0.196. The van der Waals surface area contributed by atoms with Crippen LogP contribution in [0.1, 0.15) is 127 Å². The lowest BCUT2D eigenvalue weighted by atomic mass is 9.79. The zero-order valence-corrected chi connectivity index (χ0v) is 30.0. The fraction of sp³-hybridized carbons (Fsp3) is 0.391. The molecule has 0 saturated heterocycles. The molecule has 0 nitrogen and oxygen atoms in total. The Morgan fingerprint density at radius 2 is 0.826 bits per heavy atom. The van der Waals surface area contributed by atoms with Crippen LogP contribution in [0.3, 0.4) is 0 Å². The number of hydrogen-bond acceptors (Lipinski definition) is 0. The number of rotatable bonds is 7. The third-order valence-electron chi connectivity index (χ3n) is 10.7. The summed E-state index contributed by atoms with van der Waals surface area (Å²) in [5.41, 5.74) is 17.6. The van der Waals surface area contributed by atoms with Crippen LogP contribution < -0.4 is 0 Å². The zero-order chi connectivity index (χ0) is 33.0. The summed E-state index contributed by atoms with van der Waals surface area (Å²) in [5, 5.41) is 0. The molecule has 6 rings (SSSR count). The Kier molecular flexibility index (Phi) is 8.56. The lowest BCUT2D eigenvalue weighted by Gasteiger charge is -2.25. The first-order chi connectivity index (χ1) is 21.7. The number of benzene rings is 4. The van der Waals surface area contributed by atoms with Gasteiger partial charge in [-0.2, -0.15) is 0 Å². The molecule has 2 unspecified atom stereocenters. The van der Waals surface area contributed by atoms with Crippen LogP contribution >= 0.6 is 0 Å². The van der Waals surface area contributed by atoms with Crippen LogP contribution in [0.4, 0.5) is 0 Å². The SMILES string of the molecule is CC(C)C1=Cc2c(-c3ccc(C(C)(C)C)cc3)cccc2C1CCC1C(C(C)C)=Cc2c(-c3ccc(C(C)(C)C)cc3)cccc21. The smallest absolute Gasteiger partial charge is 0.00605 e. The van der Waals surface area contributed by atoms with Gasteiger partial charge in [0.1, 0.15) is 0 Å². The highest BCUT2D eigenvalue weighted by Gasteiger charge is 2.33. The van der Waals surface area contributed by atoms with Crippen molar-refractivity contribution in [1.29, 1.82) is 0 Å². The second-order valence-corrected chi connectivity index (χ2v) is 16.6. The first-order valence-electron chi connectivity index (χ1n) is 17.6. The highest BCUT2D eigenvalue weighted by Crippen LogP contribution is 2.51. The molecule has 4 aromatic carbocycles. The fourth-order valence-electron chi connectivity index (χ4n) is 7.91. The van der Waals surface area contributed by atoms with Crippen LogP contribution in [0.5, 0.6) is 0 Å². The first kappa shape index (κ1) is 32.3. The van der Waals surface area contributed by atoms with Gasteiger partial charge in [0.25, 0.3) is 0 Å². The van der Waals surface area contributed by atoms with Gasteiger partial charge in [-0.05, 0) is 91.1 Å². The predicted molar refractivity (Wildman–Crippen MR) is 202 cm³/mol. The van der Waals surface area contributed by atoms with E-state index in [1.165, 1.54) is 68.5 Å². The van der Waals surface area contributed by atoms with Gasteiger partial charge in [0.15, 0.2) is 0 Å². The summed E-state index contributed by atoms with van der Waals surface area (Å²) >= 11 is 0. The third kappa shape index (κ3) is 6.09. The highest BCUT2D eigenvalue weighted by molar-refractivity contribution is 5.83. The van der Waals surface area contributed by atoms with Gasteiger partial charge in [-0.25, -0.2) is 0 Å². The molecule has 0 saturated carbocycles. The Morgan fingerprint density at radius 1 is 0.478 bits per heavy atom. The van der Waals surface area contributed by atoms with Gasteiger partial charge in [-0.3, -0.25) is 0 Å². The first-order valence-corrected chi connectivity index (χ1v) is 17.6. The van der Waals surface area contributed by atoms with E-state index in [2.05, 4.69) is 166 Å². The van der Waals surface area contributed by atoms with E-state index >= 15 is 0 Å². The van der Waals surface area contributed by atoms with Crippen molar-refractivity contribution in [2.24, 2.45) is 11.8 Å². The predicted octanol–water partition coefficient (Wildman–Crippen LogP) is 13.4. The van der Waals surface area contributed by atoms with E-state index in [0.29, 0.717) is 23.7 Å². The van der Waals surface area contributed by atoms with Crippen LogP contribution in [0.2, 0.25) is 0 Å². The lowest BCUT2D eigenvalue weighted by molar-refractivity contribution is 0.549. The van der Waals surface area contributed by atoms with Crippen molar-refractivity contribution in [1.82, 2.24) is 0 Å². The van der Waals surface area contributed by atoms with Gasteiger partial charge in [-0.1, -0.05) is 177 Å². The topological polar surface area (TPSA) is 0 Å². The van der Waals surface area contributed by atoms with Crippen LogP contribution in [0.25, 0.3) is 34.4 Å². The molecule has 2 aliphatic carbocycles. The van der Waals surface area contributed by atoms with E-state index in [1.807, 2.05) is 0 Å². The van der Waals surface area contributed by atoms with Crippen molar-refractivity contribution >= 4 is 12.2 Å². The minimum atomic E-state index is 0.159. The van der Waals surface area contributed by atoms with Crippen molar-refractivity contribution < 1.29 is 0 Å². The van der Waals surface area contributed by atoms with Crippen molar-refractivity contribution in [3.63, 3.8) is 0 Å². The van der Waals surface area contributed by atoms with Gasteiger partial charge in [0.05, 0.1) is 0 Å². The van der Waals surface area contributed by atoms with Gasteiger partial charge in [-0.15, -0.1) is 0 Å².